The molecule has 4 rings (SSSR count). The van der Waals surface area contributed by atoms with Crippen LogP contribution < -0.4 is 4.74 Å². The van der Waals surface area contributed by atoms with Crippen molar-refractivity contribution in [1.82, 2.24) is 0 Å². The molecule has 0 radical (unpaired) electrons. The number of nitrogens with zero attached hydrogens (tertiary/aromatic N) is 1. The van der Waals surface area contributed by atoms with Gasteiger partial charge in [-0.1, -0.05) is 58.4 Å². The number of ether oxygens (including phenoxy) is 3. The molecular weight excluding hydrogens is 618 g/mol. The van der Waals surface area contributed by atoms with Crippen molar-refractivity contribution in [3.05, 3.63) is 103 Å². The van der Waals surface area contributed by atoms with Crippen LogP contribution in [0.25, 0.3) is 16.8 Å². The predicted molar refractivity (Wildman–Crippen MR) is 166 cm³/mol. The minimum Gasteiger partial charge on any atom is -0.488 e. The summed E-state index contributed by atoms with van der Waals surface area (Å²) in [6.45, 7) is 5.56. The molecule has 0 saturated heterocycles. The lowest BCUT2D eigenvalue weighted by Crippen LogP contribution is -2.12. The normalized spacial score (nSPS) is 11.2. The Morgan fingerprint density at radius 2 is 1.64 bits per heavy atom. The number of benzene rings is 3. The van der Waals surface area contributed by atoms with Crippen LogP contribution in [-0.4, -0.2) is 30.9 Å². The molecular formula is C33H28BrNO6S. The molecule has 1 heterocycles. The van der Waals surface area contributed by atoms with Crippen molar-refractivity contribution in [2.75, 3.05) is 13.2 Å². The van der Waals surface area contributed by atoms with E-state index >= 15 is 0 Å². The first-order valence-corrected chi connectivity index (χ1v) is 14.9. The summed E-state index contributed by atoms with van der Waals surface area (Å²) in [6, 6.07) is 21.1. The van der Waals surface area contributed by atoms with Crippen molar-refractivity contribution in [2.45, 2.75) is 33.8 Å². The van der Waals surface area contributed by atoms with Crippen molar-refractivity contribution >= 4 is 61.8 Å². The third-order valence-electron chi connectivity index (χ3n) is 6.43. The van der Waals surface area contributed by atoms with Crippen LogP contribution in [0.1, 0.15) is 55.4 Å². The monoisotopic (exact) mass is 645 g/mol. The fraction of sp³-hybridized carbons (Fsp3) is 0.212. The van der Waals surface area contributed by atoms with Gasteiger partial charge >= 0.3 is 11.9 Å². The zero-order valence-electron chi connectivity index (χ0n) is 23.4. The van der Waals surface area contributed by atoms with Crippen LogP contribution in [0.3, 0.4) is 0 Å². The summed E-state index contributed by atoms with van der Waals surface area (Å²) in [5.41, 5.74) is 1.97. The minimum absolute atomic E-state index is 0.113. The molecule has 1 aromatic heterocycles. The first-order valence-electron chi connectivity index (χ1n) is 13.3. The summed E-state index contributed by atoms with van der Waals surface area (Å²) in [5, 5.41) is 11.8. The zero-order valence-corrected chi connectivity index (χ0v) is 25.8. The van der Waals surface area contributed by atoms with E-state index in [1.54, 1.807) is 20.8 Å². The van der Waals surface area contributed by atoms with Crippen molar-refractivity contribution in [3.63, 3.8) is 0 Å². The van der Waals surface area contributed by atoms with Gasteiger partial charge in [0, 0.05) is 21.3 Å². The molecule has 0 aliphatic rings. The van der Waals surface area contributed by atoms with Crippen LogP contribution in [0.2, 0.25) is 0 Å². The molecule has 0 unspecified atom stereocenters. The Morgan fingerprint density at radius 3 is 2.33 bits per heavy atom. The van der Waals surface area contributed by atoms with Crippen LogP contribution in [0.15, 0.2) is 70.7 Å². The predicted octanol–water partition coefficient (Wildman–Crippen LogP) is 7.62. The molecule has 7 nitrogen and oxygen atoms in total. The van der Waals surface area contributed by atoms with Gasteiger partial charge in [-0.15, -0.1) is 11.3 Å². The van der Waals surface area contributed by atoms with Gasteiger partial charge in [-0.05, 0) is 66.9 Å². The number of hydrogen-bond donors (Lipinski definition) is 0. The maximum Gasteiger partial charge on any atom is 0.348 e. The second-order valence-electron chi connectivity index (χ2n) is 9.18. The molecule has 0 spiro atoms. The third-order valence-corrected chi connectivity index (χ3v) is 8.23. The number of Topliss-reactive ketones (excluding diaryl/α,β-unsaturated/α-hetero) is 1. The maximum absolute atomic E-state index is 13.6. The number of halogens is 1. The highest BCUT2D eigenvalue weighted by Crippen LogP contribution is 2.33. The van der Waals surface area contributed by atoms with Gasteiger partial charge in [0.1, 0.15) is 23.3 Å². The van der Waals surface area contributed by atoms with Gasteiger partial charge < -0.3 is 14.2 Å². The number of thiophene rings is 1. The number of carbonyl (C=O) groups is 3. The van der Waals surface area contributed by atoms with Crippen LogP contribution >= 0.6 is 27.3 Å². The van der Waals surface area contributed by atoms with E-state index in [4.69, 9.17) is 14.2 Å². The molecule has 0 atom stereocenters. The summed E-state index contributed by atoms with van der Waals surface area (Å²) in [4.78, 5) is 39.5. The lowest BCUT2D eigenvalue weighted by atomic mass is 9.98. The second kappa shape index (κ2) is 14.1. The van der Waals surface area contributed by atoms with E-state index in [2.05, 4.69) is 15.9 Å². The molecule has 0 aliphatic heterocycles. The highest BCUT2D eigenvalue weighted by atomic mass is 79.9. The summed E-state index contributed by atoms with van der Waals surface area (Å²) < 4.78 is 17.5. The van der Waals surface area contributed by atoms with Gasteiger partial charge in [-0.2, -0.15) is 5.26 Å². The van der Waals surface area contributed by atoms with Crippen LogP contribution in [-0.2, 0) is 27.3 Å². The quantitative estimate of drug-likeness (QED) is 0.0938. The molecule has 0 bridgehead atoms. The molecule has 214 valence electrons. The Labute approximate surface area is 256 Å². The number of nitriles is 1. The van der Waals surface area contributed by atoms with Crippen molar-refractivity contribution in [1.29, 1.82) is 5.26 Å². The molecule has 0 fully saturated rings. The average molecular weight is 647 g/mol. The fourth-order valence-corrected chi connectivity index (χ4v) is 5.86. The van der Waals surface area contributed by atoms with Gasteiger partial charge in [0.15, 0.2) is 5.78 Å². The molecule has 3 aromatic carbocycles. The lowest BCUT2D eigenvalue weighted by Gasteiger charge is -2.13. The molecule has 9 heteroatoms. The van der Waals surface area contributed by atoms with Crippen molar-refractivity contribution in [2.24, 2.45) is 0 Å². The van der Waals surface area contributed by atoms with Gasteiger partial charge in [-0.3, -0.25) is 4.79 Å². The Morgan fingerprint density at radius 1 is 0.952 bits per heavy atom. The highest BCUT2D eigenvalue weighted by molar-refractivity contribution is 9.10. The Kier molecular flexibility index (Phi) is 10.3. The van der Waals surface area contributed by atoms with Crippen LogP contribution in [0.5, 0.6) is 5.75 Å². The van der Waals surface area contributed by atoms with Gasteiger partial charge in [0.25, 0.3) is 0 Å². The van der Waals surface area contributed by atoms with E-state index in [1.807, 2.05) is 66.7 Å². The number of allylic oxidation sites excluding steroid dienone is 1. The first kappa shape index (κ1) is 30.7. The molecule has 0 amide bonds. The number of esters is 2. The number of fused-ring (bicyclic) bond motifs is 1. The smallest absolute Gasteiger partial charge is 0.348 e. The van der Waals surface area contributed by atoms with Gasteiger partial charge in [0.05, 0.1) is 24.4 Å². The Balaban J connectivity index is 1.72. The maximum atomic E-state index is 13.6. The number of ketones is 1. The lowest BCUT2D eigenvalue weighted by molar-refractivity contribution is -0.114. The summed E-state index contributed by atoms with van der Waals surface area (Å²) in [6.07, 6.45) is 1.26. The van der Waals surface area contributed by atoms with Crippen molar-refractivity contribution < 1.29 is 28.6 Å². The fourth-order valence-electron chi connectivity index (χ4n) is 4.41. The summed E-state index contributed by atoms with van der Waals surface area (Å²) in [7, 11) is 0. The number of carbonyl (C=O) groups excluding carboxylic acids is 3. The standard InChI is InChI=1S/C33H28BrNO6S/c1-4-39-32(37)30-20(3)31(33(38)40-5-2)42-29(30)17-27(36)23(18-35)16-26-25-9-7-6-8-22(25)12-15-28(26)41-19-21-10-13-24(34)14-11-21/h6-16H,4-5,17,19H2,1-3H3/b23-16+. The number of rotatable bonds is 11. The molecule has 4 aromatic rings. The van der Waals surface area contributed by atoms with E-state index in [0.717, 1.165) is 32.1 Å². The van der Waals surface area contributed by atoms with E-state index < -0.39 is 17.7 Å². The third kappa shape index (κ3) is 6.96. The molecule has 0 saturated carbocycles. The molecule has 0 aliphatic carbocycles. The SMILES string of the molecule is CCOC(=O)c1sc(CC(=O)/C(C#N)=C/c2c(OCc3ccc(Br)cc3)ccc3ccccc23)c(C(=O)OCC)c1C. The largest absolute Gasteiger partial charge is 0.488 e. The van der Waals surface area contributed by atoms with Gasteiger partial charge in [0.2, 0.25) is 0 Å². The average Bonchev–Trinajstić information content (AvgIpc) is 3.31. The second-order valence-corrected chi connectivity index (χ2v) is 11.2. The summed E-state index contributed by atoms with van der Waals surface area (Å²) in [5.74, 6) is -1.21. The minimum atomic E-state index is -0.634. The van der Waals surface area contributed by atoms with Crippen LogP contribution in [0.4, 0.5) is 0 Å². The van der Waals surface area contributed by atoms with Crippen molar-refractivity contribution in [3.8, 4) is 11.8 Å². The van der Waals surface area contributed by atoms with E-state index in [1.165, 1.54) is 6.08 Å². The van der Waals surface area contributed by atoms with E-state index in [0.29, 0.717) is 21.8 Å². The topological polar surface area (TPSA) is 103 Å². The van der Waals surface area contributed by atoms with E-state index in [9.17, 15) is 19.6 Å². The van der Waals surface area contributed by atoms with E-state index in [-0.39, 0.29) is 42.3 Å². The molecule has 42 heavy (non-hydrogen) atoms. The van der Waals surface area contributed by atoms with Crippen LogP contribution in [0, 0.1) is 18.3 Å². The zero-order chi connectivity index (χ0) is 30.2. The molecule has 0 N–H and O–H groups in total. The Bertz CT molecular complexity index is 1720. The summed E-state index contributed by atoms with van der Waals surface area (Å²) >= 11 is 4.44. The Hall–Kier alpha value is -4.26. The van der Waals surface area contributed by atoms with Gasteiger partial charge in [-0.25, -0.2) is 9.59 Å². The highest BCUT2D eigenvalue weighted by Gasteiger charge is 2.28. The first-order chi connectivity index (χ1) is 20.3. The number of hydrogen-bond acceptors (Lipinski definition) is 8.